The summed E-state index contributed by atoms with van der Waals surface area (Å²) in [4.78, 5) is 25.4. The number of likely N-dealkylation sites (tertiary alicyclic amines) is 1. The number of ether oxygens (including phenoxy) is 1. The Morgan fingerprint density at radius 2 is 1.92 bits per heavy atom. The first kappa shape index (κ1) is 22.5. The van der Waals surface area contributed by atoms with E-state index in [0.717, 1.165) is 59.9 Å². The average Bonchev–Trinajstić information content (AvgIpc) is 3.25. The van der Waals surface area contributed by atoms with Gasteiger partial charge in [-0.2, -0.15) is 0 Å². The molecule has 2 N–H and O–H groups in total. The van der Waals surface area contributed by atoms with Crippen LogP contribution >= 0.6 is 0 Å². The van der Waals surface area contributed by atoms with Gasteiger partial charge >= 0.3 is 0 Å². The van der Waals surface area contributed by atoms with Crippen LogP contribution in [0.5, 0.6) is 5.75 Å². The number of piperidine rings is 1. The zero-order chi connectivity index (χ0) is 25.3. The van der Waals surface area contributed by atoms with Gasteiger partial charge in [0.2, 0.25) is 0 Å². The molecule has 3 heterocycles. The third-order valence-electron chi connectivity index (χ3n) is 8.57. The zero-order valence-corrected chi connectivity index (χ0v) is 21.3. The molecule has 7 rings (SSSR count). The van der Waals surface area contributed by atoms with Crippen molar-refractivity contribution in [2.75, 3.05) is 13.7 Å². The Labute approximate surface area is 216 Å². The molecule has 190 valence electrons. The second kappa shape index (κ2) is 8.45. The highest BCUT2D eigenvalue weighted by Crippen LogP contribution is 2.40. The number of aryl methyl sites for hydroxylation is 1. The Balaban J connectivity index is 1.32. The number of nitrogens with two attached hydrogens (primary N) is 1. The number of hydrogen-bond acceptors (Lipinski definition) is 5. The number of amides is 1. The lowest BCUT2D eigenvalue weighted by Gasteiger charge is -2.27. The van der Waals surface area contributed by atoms with Crippen molar-refractivity contribution in [3.63, 3.8) is 0 Å². The van der Waals surface area contributed by atoms with E-state index in [0.29, 0.717) is 23.1 Å². The number of fused-ring (bicyclic) bond motifs is 3. The first-order chi connectivity index (χ1) is 18.0. The fourth-order valence-corrected chi connectivity index (χ4v) is 6.38. The number of carbonyl (C=O) groups is 1. The second-order valence-electron chi connectivity index (χ2n) is 10.9. The summed E-state index contributed by atoms with van der Waals surface area (Å²) in [7, 11) is 3.65. The van der Waals surface area contributed by atoms with Gasteiger partial charge in [0, 0.05) is 43.3 Å². The third-order valence-corrected chi connectivity index (χ3v) is 8.57. The van der Waals surface area contributed by atoms with Crippen molar-refractivity contribution in [2.45, 2.75) is 44.3 Å². The Morgan fingerprint density at radius 3 is 2.59 bits per heavy atom. The highest BCUT2D eigenvalue weighted by molar-refractivity contribution is 6.00. The largest absolute Gasteiger partial charge is 0.494 e. The highest BCUT2D eigenvalue weighted by Gasteiger charge is 2.47. The van der Waals surface area contributed by atoms with Gasteiger partial charge in [0.15, 0.2) is 5.82 Å². The number of nitrogens with zero attached hydrogens (tertiary/aromatic N) is 5. The molecule has 1 saturated heterocycles. The molecule has 4 aromatic rings. The van der Waals surface area contributed by atoms with Crippen LogP contribution in [0.3, 0.4) is 0 Å². The van der Waals surface area contributed by atoms with Gasteiger partial charge in [-0.3, -0.25) is 4.79 Å². The van der Waals surface area contributed by atoms with Crippen molar-refractivity contribution in [3.05, 3.63) is 54.2 Å². The quantitative estimate of drug-likeness (QED) is 0.434. The first-order valence-corrected chi connectivity index (χ1v) is 13.3. The maximum absolute atomic E-state index is 13.6. The number of hydrogen-bond donors (Lipinski definition) is 1. The zero-order valence-electron chi connectivity index (χ0n) is 21.3. The number of methoxy groups -OCH3 is 1. The smallest absolute Gasteiger partial charge is 0.254 e. The molecule has 37 heavy (non-hydrogen) atoms. The molecule has 2 saturated carbocycles. The monoisotopic (exact) mass is 496 g/mol. The molecule has 1 amide bonds. The minimum Gasteiger partial charge on any atom is -0.494 e. The van der Waals surface area contributed by atoms with Gasteiger partial charge in [0.25, 0.3) is 5.91 Å². The molecule has 2 bridgehead atoms. The summed E-state index contributed by atoms with van der Waals surface area (Å²) in [6.45, 7) is 1.66. The topological polar surface area (TPSA) is 91.2 Å². The highest BCUT2D eigenvalue weighted by atomic mass is 16.5. The summed E-state index contributed by atoms with van der Waals surface area (Å²) in [5.41, 5.74) is 10.7. The Morgan fingerprint density at radius 1 is 1.11 bits per heavy atom. The minimum atomic E-state index is 0.0141. The Bertz CT molecular complexity index is 1500. The van der Waals surface area contributed by atoms with Crippen LogP contribution in [0.25, 0.3) is 33.9 Å². The summed E-state index contributed by atoms with van der Waals surface area (Å²) in [5, 5.41) is 0. The minimum absolute atomic E-state index is 0.0141. The molecular weight excluding hydrogens is 464 g/mol. The van der Waals surface area contributed by atoms with Crippen LogP contribution in [0, 0.1) is 11.8 Å². The van der Waals surface area contributed by atoms with Crippen molar-refractivity contribution < 1.29 is 9.53 Å². The summed E-state index contributed by atoms with van der Waals surface area (Å²) in [6.07, 6.45) is 6.51. The van der Waals surface area contributed by atoms with Gasteiger partial charge < -0.3 is 24.5 Å². The van der Waals surface area contributed by atoms with E-state index < -0.39 is 0 Å². The van der Waals surface area contributed by atoms with Crippen molar-refractivity contribution in [1.29, 1.82) is 0 Å². The molecular formula is C29H32N6O2. The van der Waals surface area contributed by atoms with E-state index in [1.54, 1.807) is 7.11 Å². The van der Waals surface area contributed by atoms with Gasteiger partial charge in [0.1, 0.15) is 22.8 Å². The molecule has 2 aromatic carbocycles. The molecule has 2 aliphatic carbocycles. The van der Waals surface area contributed by atoms with E-state index in [-0.39, 0.29) is 18.0 Å². The van der Waals surface area contributed by atoms with Crippen LogP contribution in [0.2, 0.25) is 0 Å². The van der Waals surface area contributed by atoms with E-state index >= 15 is 0 Å². The van der Waals surface area contributed by atoms with Crippen LogP contribution in [0.1, 0.15) is 36.0 Å². The molecule has 3 fully saturated rings. The normalized spacial score (nSPS) is 22.8. The van der Waals surface area contributed by atoms with Gasteiger partial charge in [-0.15, -0.1) is 0 Å². The number of aromatic nitrogens is 4. The third kappa shape index (κ3) is 3.57. The predicted octanol–water partition coefficient (Wildman–Crippen LogP) is 4.08. The lowest BCUT2D eigenvalue weighted by Crippen LogP contribution is -2.41. The van der Waals surface area contributed by atoms with Crippen LogP contribution < -0.4 is 10.5 Å². The number of benzene rings is 2. The second-order valence-corrected chi connectivity index (χ2v) is 10.9. The average molecular weight is 497 g/mol. The molecule has 8 nitrogen and oxygen atoms in total. The molecule has 3 atom stereocenters. The number of carbonyl (C=O) groups excluding carboxylic acids is 1. The maximum atomic E-state index is 13.6. The van der Waals surface area contributed by atoms with E-state index in [9.17, 15) is 4.79 Å². The summed E-state index contributed by atoms with van der Waals surface area (Å²) >= 11 is 0. The molecule has 0 spiro atoms. The van der Waals surface area contributed by atoms with Crippen molar-refractivity contribution in [1.82, 2.24) is 24.0 Å². The molecule has 1 aliphatic heterocycles. The van der Waals surface area contributed by atoms with Crippen molar-refractivity contribution >= 4 is 16.9 Å². The predicted molar refractivity (Wildman–Crippen MR) is 142 cm³/mol. The number of imidazole rings is 2. The van der Waals surface area contributed by atoms with Gasteiger partial charge in [-0.05, 0) is 49.7 Å². The Hall–Kier alpha value is -3.65. The van der Waals surface area contributed by atoms with Crippen molar-refractivity contribution in [3.8, 4) is 28.7 Å². The Kier molecular flexibility index (Phi) is 5.15. The van der Waals surface area contributed by atoms with Gasteiger partial charge in [0.05, 0.1) is 18.8 Å². The first-order valence-electron chi connectivity index (χ1n) is 13.3. The van der Waals surface area contributed by atoms with E-state index in [4.69, 9.17) is 20.4 Å². The lowest BCUT2D eigenvalue weighted by atomic mass is 10.1. The fraction of sp³-hybridized carbons (Fsp3) is 0.414. The van der Waals surface area contributed by atoms with E-state index in [2.05, 4.69) is 21.3 Å². The van der Waals surface area contributed by atoms with Gasteiger partial charge in [-0.1, -0.05) is 30.3 Å². The van der Waals surface area contributed by atoms with Crippen LogP contribution in [-0.4, -0.2) is 55.6 Å². The SMILES string of the molecule is COc1cc(C(=O)N2C[C@H]3CC[C@@H]2[C@@H]3N)cc2nc(-c3cnc(-c4ccccc4)n3CC3CC3)n(C)c12. The molecule has 2 aromatic heterocycles. The summed E-state index contributed by atoms with van der Waals surface area (Å²) in [5.74, 6) is 3.51. The van der Waals surface area contributed by atoms with Crippen LogP contribution in [-0.2, 0) is 13.6 Å². The van der Waals surface area contributed by atoms with E-state index in [1.807, 2.05) is 48.5 Å². The van der Waals surface area contributed by atoms with Crippen LogP contribution in [0.15, 0.2) is 48.7 Å². The molecule has 0 radical (unpaired) electrons. The molecule has 8 heteroatoms. The summed E-state index contributed by atoms with van der Waals surface area (Å²) < 4.78 is 10.2. The van der Waals surface area contributed by atoms with Gasteiger partial charge in [-0.25, -0.2) is 9.97 Å². The fourth-order valence-electron chi connectivity index (χ4n) is 6.38. The lowest BCUT2D eigenvalue weighted by molar-refractivity contribution is 0.0700. The molecule has 3 aliphatic rings. The van der Waals surface area contributed by atoms with E-state index in [1.165, 1.54) is 12.8 Å². The number of rotatable bonds is 6. The summed E-state index contributed by atoms with van der Waals surface area (Å²) in [6, 6.07) is 14.3. The molecule has 0 unspecified atom stereocenters. The van der Waals surface area contributed by atoms with Crippen molar-refractivity contribution in [2.24, 2.45) is 24.6 Å². The van der Waals surface area contributed by atoms with Crippen LogP contribution in [0.4, 0.5) is 0 Å². The standard InChI is InChI=1S/C29H32N6O2/c1-33-26-21(12-20(13-24(26)37-2)29(36)35-16-19-10-11-22(35)25(19)30)32-28(33)23-14-31-27(18-6-4-3-5-7-18)34(23)15-17-8-9-17/h3-7,12-14,17,19,22,25H,8-11,15-16,30H2,1-2H3/t19-,22-,25-/m1/s1. The maximum Gasteiger partial charge on any atom is 0.254 e.